The summed E-state index contributed by atoms with van der Waals surface area (Å²) in [7, 11) is 0. The van der Waals surface area contributed by atoms with E-state index >= 15 is 0 Å². The van der Waals surface area contributed by atoms with Gasteiger partial charge in [-0.3, -0.25) is 0 Å². The third kappa shape index (κ3) is 4.72. The van der Waals surface area contributed by atoms with Crippen LogP contribution in [0.3, 0.4) is 0 Å². The highest BCUT2D eigenvalue weighted by Gasteiger charge is 2.10. The van der Waals surface area contributed by atoms with Crippen molar-refractivity contribution in [2.75, 3.05) is 6.54 Å². The lowest BCUT2D eigenvalue weighted by atomic mass is 10.0. The van der Waals surface area contributed by atoms with Crippen LogP contribution in [0.4, 0.5) is 4.39 Å². The van der Waals surface area contributed by atoms with E-state index < -0.39 is 5.82 Å². The van der Waals surface area contributed by atoms with Gasteiger partial charge in [-0.05, 0) is 49.6 Å². The van der Waals surface area contributed by atoms with E-state index in [2.05, 4.69) is 41.6 Å². The first kappa shape index (κ1) is 17.8. The molecule has 0 aliphatic rings. The van der Waals surface area contributed by atoms with Crippen molar-refractivity contribution in [2.24, 2.45) is 4.99 Å². The topological polar surface area (TPSA) is 56.7 Å². The van der Waals surface area contributed by atoms with Gasteiger partial charge in [-0.15, -0.1) is 0 Å². The van der Waals surface area contributed by atoms with Gasteiger partial charge in [0.2, 0.25) is 0 Å². The number of phenols is 1. The Hall–Kier alpha value is -2.56. The van der Waals surface area contributed by atoms with Crippen LogP contribution in [0.2, 0.25) is 0 Å². The highest BCUT2D eigenvalue weighted by atomic mass is 19.1. The molecule has 1 atom stereocenters. The lowest BCUT2D eigenvalue weighted by molar-refractivity contribution is 0.432. The minimum atomic E-state index is -0.631. The average molecular weight is 329 g/mol. The van der Waals surface area contributed by atoms with Gasteiger partial charge in [0, 0.05) is 6.54 Å². The number of hydrogen-bond donors (Lipinski definition) is 3. The Morgan fingerprint density at radius 1 is 1.25 bits per heavy atom. The molecular formula is C19H24FN3O. The van der Waals surface area contributed by atoms with Crippen molar-refractivity contribution in [3.8, 4) is 5.75 Å². The molecule has 4 nitrogen and oxygen atoms in total. The number of aliphatic imine (C=N–C) groups is 1. The molecule has 3 N–H and O–H groups in total. The molecule has 0 aliphatic carbocycles. The summed E-state index contributed by atoms with van der Waals surface area (Å²) >= 11 is 0. The Morgan fingerprint density at radius 3 is 2.67 bits per heavy atom. The minimum absolute atomic E-state index is 0.0977. The van der Waals surface area contributed by atoms with Gasteiger partial charge in [-0.1, -0.05) is 30.3 Å². The third-order valence-electron chi connectivity index (χ3n) is 3.78. The van der Waals surface area contributed by atoms with Crippen LogP contribution in [0.15, 0.2) is 47.5 Å². The van der Waals surface area contributed by atoms with Crippen molar-refractivity contribution in [1.29, 1.82) is 0 Å². The molecule has 128 valence electrons. The molecule has 0 amide bonds. The van der Waals surface area contributed by atoms with E-state index in [1.165, 1.54) is 23.3 Å². The molecule has 0 radical (unpaired) electrons. The molecule has 0 spiro atoms. The maximum atomic E-state index is 13.4. The van der Waals surface area contributed by atoms with Crippen molar-refractivity contribution in [2.45, 2.75) is 33.4 Å². The zero-order valence-corrected chi connectivity index (χ0v) is 14.3. The third-order valence-corrected chi connectivity index (χ3v) is 3.78. The molecule has 2 rings (SSSR count). The first-order chi connectivity index (χ1) is 11.5. The van der Waals surface area contributed by atoms with Crippen LogP contribution in [-0.4, -0.2) is 17.6 Å². The molecule has 0 fully saturated rings. The van der Waals surface area contributed by atoms with E-state index in [-0.39, 0.29) is 11.8 Å². The van der Waals surface area contributed by atoms with Gasteiger partial charge in [-0.25, -0.2) is 9.38 Å². The highest BCUT2D eigenvalue weighted by molar-refractivity contribution is 5.80. The smallest absolute Gasteiger partial charge is 0.192 e. The number of nitrogens with zero attached hydrogens (tertiary/aromatic N) is 1. The zero-order valence-electron chi connectivity index (χ0n) is 14.3. The predicted molar refractivity (Wildman–Crippen MR) is 95.6 cm³/mol. The lowest BCUT2D eigenvalue weighted by Gasteiger charge is -2.19. The average Bonchev–Trinajstić information content (AvgIpc) is 2.56. The standard InChI is InChI=1S/C19H24FN3O/c1-4-21-19(22-12-15-9-10-18(24)17(20)11-15)23-14(3)16-8-6-5-7-13(16)2/h5-11,14,24H,4,12H2,1-3H3,(H2,21,22,23). The molecule has 0 aliphatic heterocycles. The van der Waals surface area contributed by atoms with Crippen molar-refractivity contribution < 1.29 is 9.50 Å². The molecule has 2 aromatic rings. The van der Waals surface area contributed by atoms with Crippen LogP contribution in [0, 0.1) is 12.7 Å². The second-order valence-corrected chi connectivity index (χ2v) is 5.70. The van der Waals surface area contributed by atoms with E-state index in [9.17, 15) is 9.50 Å². The number of aryl methyl sites for hydroxylation is 1. The minimum Gasteiger partial charge on any atom is -0.505 e. The second kappa shape index (κ2) is 8.34. The Bertz CT molecular complexity index is 716. The van der Waals surface area contributed by atoms with E-state index in [0.29, 0.717) is 18.1 Å². The normalized spacial score (nSPS) is 12.8. The molecule has 24 heavy (non-hydrogen) atoms. The molecular weight excluding hydrogens is 305 g/mol. The highest BCUT2D eigenvalue weighted by Crippen LogP contribution is 2.18. The molecule has 2 aromatic carbocycles. The Balaban J connectivity index is 2.10. The SMILES string of the molecule is CCNC(=NCc1ccc(O)c(F)c1)NC(C)c1ccccc1C. The van der Waals surface area contributed by atoms with Crippen molar-refractivity contribution in [1.82, 2.24) is 10.6 Å². The fourth-order valence-corrected chi connectivity index (χ4v) is 2.49. The Labute approximate surface area is 142 Å². The summed E-state index contributed by atoms with van der Waals surface area (Å²) in [5.74, 6) is -0.309. The van der Waals surface area contributed by atoms with Crippen molar-refractivity contribution in [3.63, 3.8) is 0 Å². The van der Waals surface area contributed by atoms with E-state index in [1.54, 1.807) is 6.07 Å². The summed E-state index contributed by atoms with van der Waals surface area (Å²) < 4.78 is 13.4. The summed E-state index contributed by atoms with van der Waals surface area (Å²) in [6.45, 7) is 7.21. The predicted octanol–water partition coefficient (Wildman–Crippen LogP) is 3.66. The Morgan fingerprint density at radius 2 is 2.00 bits per heavy atom. The van der Waals surface area contributed by atoms with Crippen LogP contribution >= 0.6 is 0 Å². The van der Waals surface area contributed by atoms with Gasteiger partial charge in [0.05, 0.1) is 12.6 Å². The molecule has 0 bridgehead atoms. The maximum absolute atomic E-state index is 13.4. The van der Waals surface area contributed by atoms with E-state index in [0.717, 1.165) is 6.54 Å². The van der Waals surface area contributed by atoms with Gasteiger partial charge < -0.3 is 15.7 Å². The lowest BCUT2D eigenvalue weighted by Crippen LogP contribution is -2.38. The number of benzene rings is 2. The molecule has 0 aromatic heterocycles. The number of halogens is 1. The van der Waals surface area contributed by atoms with Gasteiger partial charge >= 0.3 is 0 Å². The van der Waals surface area contributed by atoms with Crippen LogP contribution in [0.25, 0.3) is 0 Å². The molecule has 1 unspecified atom stereocenters. The number of aromatic hydroxyl groups is 1. The van der Waals surface area contributed by atoms with Gasteiger partial charge in [0.15, 0.2) is 17.5 Å². The van der Waals surface area contributed by atoms with E-state index in [1.807, 2.05) is 19.1 Å². The first-order valence-electron chi connectivity index (χ1n) is 8.09. The van der Waals surface area contributed by atoms with Crippen LogP contribution < -0.4 is 10.6 Å². The quantitative estimate of drug-likeness (QED) is 0.580. The molecule has 0 heterocycles. The molecule has 0 saturated carbocycles. The summed E-state index contributed by atoms with van der Waals surface area (Å²) in [5, 5.41) is 15.8. The van der Waals surface area contributed by atoms with Gasteiger partial charge in [0.25, 0.3) is 0 Å². The summed E-state index contributed by atoms with van der Waals surface area (Å²) in [6, 6.07) is 12.6. The number of phenolic OH excluding ortho intramolecular Hbond substituents is 1. The first-order valence-corrected chi connectivity index (χ1v) is 8.09. The fraction of sp³-hybridized carbons (Fsp3) is 0.316. The number of hydrogen-bond acceptors (Lipinski definition) is 2. The number of nitrogens with one attached hydrogen (secondary N) is 2. The summed E-state index contributed by atoms with van der Waals surface area (Å²) in [4.78, 5) is 4.50. The van der Waals surface area contributed by atoms with Crippen molar-refractivity contribution >= 4 is 5.96 Å². The molecule has 0 saturated heterocycles. The number of guanidine groups is 1. The second-order valence-electron chi connectivity index (χ2n) is 5.70. The maximum Gasteiger partial charge on any atom is 0.192 e. The van der Waals surface area contributed by atoms with Crippen LogP contribution in [-0.2, 0) is 6.54 Å². The fourth-order valence-electron chi connectivity index (χ4n) is 2.49. The van der Waals surface area contributed by atoms with E-state index in [4.69, 9.17) is 0 Å². The largest absolute Gasteiger partial charge is 0.505 e. The van der Waals surface area contributed by atoms with Crippen LogP contribution in [0.1, 0.15) is 36.6 Å². The van der Waals surface area contributed by atoms with Crippen LogP contribution in [0.5, 0.6) is 5.75 Å². The van der Waals surface area contributed by atoms with Gasteiger partial charge in [0.1, 0.15) is 0 Å². The van der Waals surface area contributed by atoms with Crippen molar-refractivity contribution in [3.05, 3.63) is 65.0 Å². The summed E-state index contributed by atoms with van der Waals surface area (Å²) in [5.41, 5.74) is 3.12. The zero-order chi connectivity index (χ0) is 17.5. The Kier molecular flexibility index (Phi) is 6.18. The monoisotopic (exact) mass is 329 g/mol. The van der Waals surface area contributed by atoms with Gasteiger partial charge in [-0.2, -0.15) is 0 Å². The molecule has 5 heteroatoms. The number of rotatable bonds is 5. The summed E-state index contributed by atoms with van der Waals surface area (Å²) in [6.07, 6.45) is 0.